The van der Waals surface area contributed by atoms with E-state index in [2.05, 4.69) is 42.7 Å². The van der Waals surface area contributed by atoms with Crippen LogP contribution < -0.4 is 5.32 Å². The van der Waals surface area contributed by atoms with Crippen molar-refractivity contribution in [2.75, 3.05) is 0 Å². The molecule has 0 saturated carbocycles. The van der Waals surface area contributed by atoms with Crippen molar-refractivity contribution in [1.29, 1.82) is 0 Å². The van der Waals surface area contributed by atoms with Gasteiger partial charge in [-0.15, -0.1) is 22.7 Å². The molecule has 2 aromatic heterocycles. The van der Waals surface area contributed by atoms with Crippen LogP contribution in [0.1, 0.15) is 20.2 Å². The van der Waals surface area contributed by atoms with Crippen LogP contribution in [-0.4, -0.2) is 0 Å². The van der Waals surface area contributed by atoms with Gasteiger partial charge in [-0.2, -0.15) is 0 Å². The monoisotopic (exact) mass is 237 g/mol. The van der Waals surface area contributed by atoms with Crippen molar-refractivity contribution >= 4 is 22.7 Å². The third-order valence-corrected chi connectivity index (χ3v) is 4.42. The summed E-state index contributed by atoms with van der Waals surface area (Å²) in [4.78, 5) is 4.27. The number of hydrogen-bond acceptors (Lipinski definition) is 3. The second-order valence-electron chi connectivity index (χ2n) is 3.63. The van der Waals surface area contributed by atoms with Gasteiger partial charge in [-0.1, -0.05) is 6.07 Å². The largest absolute Gasteiger partial charge is 0.307 e. The van der Waals surface area contributed by atoms with Crippen molar-refractivity contribution in [3.05, 3.63) is 43.8 Å². The standard InChI is InChI=1S/C12H15NS2/c1-9-6-12(15-10(9)2)8-13-7-11-4-3-5-14-11/h3-6,13H,7-8H2,1-2H3. The minimum atomic E-state index is 0.980. The lowest BCUT2D eigenvalue weighted by Gasteiger charge is -1.99. The summed E-state index contributed by atoms with van der Waals surface area (Å²) in [6, 6.07) is 6.55. The molecule has 0 aliphatic carbocycles. The van der Waals surface area contributed by atoms with Crippen LogP contribution in [0.2, 0.25) is 0 Å². The molecule has 2 rings (SSSR count). The van der Waals surface area contributed by atoms with Crippen LogP contribution >= 0.6 is 22.7 Å². The maximum absolute atomic E-state index is 3.47. The van der Waals surface area contributed by atoms with Crippen molar-refractivity contribution in [3.8, 4) is 0 Å². The van der Waals surface area contributed by atoms with Crippen LogP contribution in [0, 0.1) is 13.8 Å². The van der Waals surface area contributed by atoms with Gasteiger partial charge in [0.05, 0.1) is 0 Å². The minimum Gasteiger partial charge on any atom is -0.307 e. The molecule has 80 valence electrons. The van der Waals surface area contributed by atoms with E-state index in [1.165, 1.54) is 20.2 Å². The Morgan fingerprint density at radius 3 is 2.60 bits per heavy atom. The molecule has 2 heterocycles. The van der Waals surface area contributed by atoms with Crippen LogP contribution in [-0.2, 0) is 13.1 Å². The summed E-state index contributed by atoms with van der Waals surface area (Å²) in [7, 11) is 0. The Bertz CT molecular complexity index is 395. The topological polar surface area (TPSA) is 12.0 Å². The van der Waals surface area contributed by atoms with Crippen LogP contribution in [0.25, 0.3) is 0 Å². The second-order valence-corrected chi connectivity index (χ2v) is 6.01. The molecule has 0 aliphatic rings. The number of hydrogen-bond donors (Lipinski definition) is 1. The molecule has 0 aromatic carbocycles. The van der Waals surface area contributed by atoms with E-state index >= 15 is 0 Å². The molecule has 1 N–H and O–H groups in total. The zero-order valence-corrected chi connectivity index (χ0v) is 10.7. The molecule has 2 aromatic rings. The van der Waals surface area contributed by atoms with Gasteiger partial charge in [-0.05, 0) is 36.9 Å². The average molecular weight is 237 g/mol. The highest BCUT2D eigenvalue weighted by atomic mass is 32.1. The summed E-state index contributed by atoms with van der Waals surface area (Å²) in [5, 5.41) is 5.59. The fourth-order valence-electron chi connectivity index (χ4n) is 1.46. The van der Waals surface area contributed by atoms with E-state index in [0.717, 1.165) is 13.1 Å². The molecule has 1 nitrogen and oxygen atoms in total. The first-order chi connectivity index (χ1) is 7.25. The van der Waals surface area contributed by atoms with Gasteiger partial charge in [0, 0.05) is 27.7 Å². The first kappa shape index (κ1) is 10.9. The highest BCUT2D eigenvalue weighted by Gasteiger charge is 2.01. The van der Waals surface area contributed by atoms with E-state index in [1.54, 1.807) is 0 Å². The summed E-state index contributed by atoms with van der Waals surface area (Å²) in [5.41, 5.74) is 1.41. The van der Waals surface area contributed by atoms with E-state index in [1.807, 2.05) is 22.7 Å². The maximum Gasteiger partial charge on any atom is 0.0303 e. The summed E-state index contributed by atoms with van der Waals surface area (Å²) in [6.07, 6.45) is 0. The molecule has 15 heavy (non-hydrogen) atoms. The molecule has 0 bridgehead atoms. The number of nitrogens with one attached hydrogen (secondary N) is 1. The average Bonchev–Trinajstić information content (AvgIpc) is 2.79. The molecule has 3 heteroatoms. The van der Waals surface area contributed by atoms with Crippen molar-refractivity contribution in [3.63, 3.8) is 0 Å². The summed E-state index contributed by atoms with van der Waals surface area (Å²) < 4.78 is 0. The Hall–Kier alpha value is -0.640. The summed E-state index contributed by atoms with van der Waals surface area (Å²) in [5.74, 6) is 0. The predicted molar refractivity (Wildman–Crippen MR) is 68.7 cm³/mol. The molecular weight excluding hydrogens is 222 g/mol. The summed E-state index contributed by atoms with van der Waals surface area (Å²) in [6.45, 7) is 6.32. The molecule has 0 aliphatic heterocycles. The Labute approximate surface area is 98.8 Å². The Morgan fingerprint density at radius 2 is 2.00 bits per heavy atom. The lowest BCUT2D eigenvalue weighted by atomic mass is 10.3. The smallest absolute Gasteiger partial charge is 0.0303 e. The van der Waals surface area contributed by atoms with Gasteiger partial charge in [0.25, 0.3) is 0 Å². The van der Waals surface area contributed by atoms with Crippen molar-refractivity contribution in [1.82, 2.24) is 5.32 Å². The van der Waals surface area contributed by atoms with Gasteiger partial charge in [0.1, 0.15) is 0 Å². The van der Waals surface area contributed by atoms with Gasteiger partial charge in [0.2, 0.25) is 0 Å². The zero-order chi connectivity index (χ0) is 10.7. The third-order valence-electron chi connectivity index (χ3n) is 2.40. The van der Waals surface area contributed by atoms with Crippen LogP contribution in [0.5, 0.6) is 0 Å². The van der Waals surface area contributed by atoms with Crippen LogP contribution in [0.15, 0.2) is 23.6 Å². The van der Waals surface area contributed by atoms with Gasteiger partial charge in [-0.3, -0.25) is 0 Å². The Kier molecular flexibility index (Phi) is 3.57. The van der Waals surface area contributed by atoms with Gasteiger partial charge < -0.3 is 5.32 Å². The summed E-state index contributed by atoms with van der Waals surface area (Å²) >= 11 is 3.70. The molecular formula is C12H15NS2. The quantitative estimate of drug-likeness (QED) is 0.854. The number of thiophene rings is 2. The number of rotatable bonds is 4. The third kappa shape index (κ3) is 2.91. The van der Waals surface area contributed by atoms with E-state index < -0.39 is 0 Å². The SMILES string of the molecule is Cc1cc(CNCc2cccs2)sc1C. The Balaban J connectivity index is 1.83. The first-order valence-corrected chi connectivity index (χ1v) is 6.74. The Morgan fingerprint density at radius 1 is 1.20 bits per heavy atom. The predicted octanol–water partition coefficient (Wildman–Crippen LogP) is 3.72. The van der Waals surface area contributed by atoms with Crippen LogP contribution in [0.3, 0.4) is 0 Å². The van der Waals surface area contributed by atoms with E-state index in [4.69, 9.17) is 0 Å². The second kappa shape index (κ2) is 4.92. The fourth-order valence-corrected chi connectivity index (χ4v) is 3.16. The van der Waals surface area contributed by atoms with Crippen LogP contribution in [0.4, 0.5) is 0 Å². The highest BCUT2D eigenvalue weighted by molar-refractivity contribution is 7.12. The van der Waals surface area contributed by atoms with Gasteiger partial charge >= 0.3 is 0 Å². The molecule has 0 saturated heterocycles. The van der Waals surface area contributed by atoms with Gasteiger partial charge in [0.15, 0.2) is 0 Å². The van der Waals surface area contributed by atoms with Crippen molar-refractivity contribution in [2.24, 2.45) is 0 Å². The van der Waals surface area contributed by atoms with Crippen molar-refractivity contribution in [2.45, 2.75) is 26.9 Å². The lowest BCUT2D eigenvalue weighted by Crippen LogP contribution is -2.10. The minimum absolute atomic E-state index is 0.980. The number of aryl methyl sites for hydroxylation is 2. The normalized spacial score (nSPS) is 10.8. The van der Waals surface area contributed by atoms with Gasteiger partial charge in [-0.25, -0.2) is 0 Å². The van der Waals surface area contributed by atoms with E-state index in [9.17, 15) is 0 Å². The molecule has 0 amide bonds. The molecule has 0 spiro atoms. The molecule has 0 atom stereocenters. The van der Waals surface area contributed by atoms with Crippen molar-refractivity contribution < 1.29 is 0 Å². The lowest BCUT2D eigenvalue weighted by molar-refractivity contribution is 0.709. The van der Waals surface area contributed by atoms with E-state index in [0.29, 0.717) is 0 Å². The molecule has 0 unspecified atom stereocenters. The molecule has 0 radical (unpaired) electrons. The molecule has 0 fully saturated rings. The first-order valence-electron chi connectivity index (χ1n) is 5.04. The van der Waals surface area contributed by atoms with E-state index in [-0.39, 0.29) is 0 Å². The fraction of sp³-hybridized carbons (Fsp3) is 0.333. The maximum atomic E-state index is 3.47. The highest BCUT2D eigenvalue weighted by Crippen LogP contribution is 2.20. The zero-order valence-electron chi connectivity index (χ0n) is 9.04.